The largest absolute Gasteiger partial charge is 0.508 e. The highest BCUT2D eigenvalue weighted by molar-refractivity contribution is 6.30. The van der Waals surface area contributed by atoms with Gasteiger partial charge < -0.3 is 10.4 Å². The van der Waals surface area contributed by atoms with Crippen LogP contribution in [0.3, 0.4) is 0 Å². The number of aromatic hydroxyl groups is 1. The first-order valence-corrected chi connectivity index (χ1v) is 6.64. The summed E-state index contributed by atoms with van der Waals surface area (Å²) in [5.74, 6) is 0.233. The van der Waals surface area contributed by atoms with Gasteiger partial charge in [0.15, 0.2) is 0 Å². The lowest BCUT2D eigenvalue weighted by atomic mass is 10.0. The molecule has 0 saturated heterocycles. The van der Waals surface area contributed by atoms with Crippen molar-refractivity contribution in [3.8, 4) is 11.8 Å². The first kappa shape index (κ1) is 14.2. The van der Waals surface area contributed by atoms with Gasteiger partial charge in [-0.1, -0.05) is 29.3 Å². The summed E-state index contributed by atoms with van der Waals surface area (Å²) in [6.45, 7) is 3.90. The number of nitriles is 1. The molecule has 102 valence electrons. The van der Waals surface area contributed by atoms with E-state index >= 15 is 0 Å². The molecule has 20 heavy (non-hydrogen) atoms. The summed E-state index contributed by atoms with van der Waals surface area (Å²) in [5.41, 5.74) is 3.04. The third-order valence-electron chi connectivity index (χ3n) is 3.12. The Bertz CT molecular complexity index is 677. The van der Waals surface area contributed by atoms with Gasteiger partial charge in [0.25, 0.3) is 0 Å². The minimum absolute atomic E-state index is 0.138. The highest BCUT2D eigenvalue weighted by Crippen LogP contribution is 2.30. The molecule has 3 nitrogen and oxygen atoms in total. The Morgan fingerprint density at radius 2 is 2.00 bits per heavy atom. The van der Waals surface area contributed by atoms with E-state index in [4.69, 9.17) is 16.9 Å². The Morgan fingerprint density at radius 3 is 2.70 bits per heavy atom. The van der Waals surface area contributed by atoms with Crippen LogP contribution in [0.4, 0.5) is 5.69 Å². The molecule has 0 amide bonds. The maximum atomic E-state index is 9.93. The van der Waals surface area contributed by atoms with Crippen molar-refractivity contribution in [3.63, 3.8) is 0 Å². The molecule has 0 bridgehead atoms. The monoisotopic (exact) mass is 286 g/mol. The fourth-order valence-corrected chi connectivity index (χ4v) is 2.24. The van der Waals surface area contributed by atoms with Gasteiger partial charge in [0.05, 0.1) is 17.3 Å². The standard InChI is InChI=1S/C16H15ClN2O/c1-10-3-6-16(20)14(7-10)11(2)19-15-8-13(17)5-4-12(15)9-18/h3-8,11,19-20H,1-2H3. The maximum Gasteiger partial charge on any atom is 0.120 e. The normalized spacial score (nSPS) is 11.7. The van der Waals surface area contributed by atoms with E-state index in [1.807, 2.05) is 26.0 Å². The molecule has 0 saturated carbocycles. The van der Waals surface area contributed by atoms with Crippen LogP contribution in [0, 0.1) is 18.3 Å². The van der Waals surface area contributed by atoms with E-state index in [1.54, 1.807) is 24.3 Å². The van der Waals surface area contributed by atoms with Crippen LogP contribution in [0.1, 0.15) is 29.7 Å². The fraction of sp³-hybridized carbons (Fsp3) is 0.188. The van der Waals surface area contributed by atoms with Gasteiger partial charge in [-0.2, -0.15) is 5.26 Å². The molecule has 0 aliphatic rings. The molecule has 0 radical (unpaired) electrons. The van der Waals surface area contributed by atoms with E-state index in [1.165, 1.54) is 0 Å². The third-order valence-corrected chi connectivity index (χ3v) is 3.36. The summed E-state index contributed by atoms with van der Waals surface area (Å²) in [4.78, 5) is 0. The van der Waals surface area contributed by atoms with Gasteiger partial charge in [-0.05, 0) is 38.1 Å². The van der Waals surface area contributed by atoms with Crippen molar-refractivity contribution >= 4 is 17.3 Å². The second-order valence-electron chi connectivity index (χ2n) is 4.73. The quantitative estimate of drug-likeness (QED) is 0.879. The summed E-state index contributed by atoms with van der Waals surface area (Å²) in [5, 5.41) is 22.8. The second kappa shape index (κ2) is 5.85. The Balaban J connectivity index is 2.32. The molecule has 1 atom stereocenters. The van der Waals surface area contributed by atoms with Crippen LogP contribution in [0.25, 0.3) is 0 Å². The highest BCUT2D eigenvalue weighted by Gasteiger charge is 2.12. The average molecular weight is 287 g/mol. The van der Waals surface area contributed by atoms with Gasteiger partial charge in [-0.25, -0.2) is 0 Å². The maximum absolute atomic E-state index is 9.93. The lowest BCUT2D eigenvalue weighted by Crippen LogP contribution is -2.08. The van der Waals surface area contributed by atoms with E-state index in [0.717, 1.165) is 11.1 Å². The van der Waals surface area contributed by atoms with E-state index in [9.17, 15) is 5.11 Å². The number of nitrogens with one attached hydrogen (secondary N) is 1. The number of nitrogens with zero attached hydrogens (tertiary/aromatic N) is 1. The Labute approximate surface area is 123 Å². The van der Waals surface area contributed by atoms with Crippen molar-refractivity contribution in [2.45, 2.75) is 19.9 Å². The number of phenols is 1. The SMILES string of the molecule is Cc1ccc(O)c(C(C)Nc2cc(Cl)ccc2C#N)c1. The molecule has 0 fully saturated rings. The predicted molar refractivity (Wildman–Crippen MR) is 81.0 cm³/mol. The minimum atomic E-state index is -0.138. The number of halogens is 1. The van der Waals surface area contributed by atoms with Gasteiger partial charge in [-0.15, -0.1) is 0 Å². The van der Waals surface area contributed by atoms with E-state index < -0.39 is 0 Å². The molecule has 1 unspecified atom stereocenters. The zero-order valence-electron chi connectivity index (χ0n) is 11.3. The molecule has 0 aliphatic carbocycles. The smallest absolute Gasteiger partial charge is 0.120 e. The van der Waals surface area contributed by atoms with Crippen LogP contribution in [0.15, 0.2) is 36.4 Å². The molecule has 0 heterocycles. The van der Waals surface area contributed by atoms with E-state index in [-0.39, 0.29) is 11.8 Å². The number of rotatable bonds is 3. The highest BCUT2D eigenvalue weighted by atomic mass is 35.5. The fourth-order valence-electron chi connectivity index (χ4n) is 2.07. The van der Waals surface area contributed by atoms with E-state index in [0.29, 0.717) is 16.3 Å². The number of benzene rings is 2. The number of phenolic OH excluding ortho intramolecular Hbond substituents is 1. The van der Waals surface area contributed by atoms with Crippen LogP contribution >= 0.6 is 11.6 Å². The summed E-state index contributed by atoms with van der Waals surface area (Å²) < 4.78 is 0. The van der Waals surface area contributed by atoms with Gasteiger partial charge in [-0.3, -0.25) is 0 Å². The summed E-state index contributed by atoms with van der Waals surface area (Å²) in [6, 6.07) is 12.5. The molecule has 2 N–H and O–H groups in total. The van der Waals surface area contributed by atoms with Crippen molar-refractivity contribution in [2.75, 3.05) is 5.32 Å². The summed E-state index contributed by atoms with van der Waals surface area (Å²) in [7, 11) is 0. The first-order valence-electron chi connectivity index (χ1n) is 6.27. The zero-order chi connectivity index (χ0) is 14.7. The first-order chi connectivity index (χ1) is 9.51. The van der Waals surface area contributed by atoms with Crippen LogP contribution in [-0.2, 0) is 0 Å². The second-order valence-corrected chi connectivity index (χ2v) is 5.17. The van der Waals surface area contributed by atoms with Gasteiger partial charge >= 0.3 is 0 Å². The van der Waals surface area contributed by atoms with E-state index in [2.05, 4.69) is 11.4 Å². The number of aryl methyl sites for hydroxylation is 1. The molecule has 4 heteroatoms. The van der Waals surface area contributed by atoms with Crippen molar-refractivity contribution in [2.24, 2.45) is 0 Å². The lowest BCUT2D eigenvalue weighted by molar-refractivity contribution is 0.465. The van der Waals surface area contributed by atoms with Gasteiger partial charge in [0, 0.05) is 10.6 Å². The Morgan fingerprint density at radius 1 is 1.25 bits per heavy atom. The summed E-state index contributed by atoms with van der Waals surface area (Å²) >= 11 is 5.96. The zero-order valence-corrected chi connectivity index (χ0v) is 12.1. The van der Waals surface area contributed by atoms with Crippen LogP contribution in [0.2, 0.25) is 5.02 Å². The molecule has 2 aromatic carbocycles. The van der Waals surface area contributed by atoms with Gasteiger partial charge in [0.2, 0.25) is 0 Å². The Hall–Kier alpha value is -2.18. The van der Waals surface area contributed by atoms with Gasteiger partial charge in [0.1, 0.15) is 11.8 Å². The predicted octanol–water partition coefficient (Wildman–Crippen LogP) is 4.40. The number of hydrogen-bond acceptors (Lipinski definition) is 3. The van der Waals surface area contributed by atoms with Crippen molar-refractivity contribution < 1.29 is 5.11 Å². The molecule has 0 aliphatic heterocycles. The number of hydrogen-bond donors (Lipinski definition) is 2. The average Bonchev–Trinajstić information content (AvgIpc) is 2.41. The third kappa shape index (κ3) is 3.04. The molecular weight excluding hydrogens is 272 g/mol. The van der Waals surface area contributed by atoms with Crippen LogP contribution < -0.4 is 5.32 Å². The van der Waals surface area contributed by atoms with Crippen LogP contribution in [-0.4, -0.2) is 5.11 Å². The lowest BCUT2D eigenvalue weighted by Gasteiger charge is -2.18. The molecule has 2 rings (SSSR count). The number of anilines is 1. The minimum Gasteiger partial charge on any atom is -0.508 e. The molecule has 0 spiro atoms. The molecular formula is C16H15ClN2O. The molecule has 2 aromatic rings. The van der Waals surface area contributed by atoms with Crippen molar-refractivity contribution in [3.05, 3.63) is 58.1 Å². The van der Waals surface area contributed by atoms with Crippen molar-refractivity contribution in [1.82, 2.24) is 0 Å². The van der Waals surface area contributed by atoms with Crippen molar-refractivity contribution in [1.29, 1.82) is 5.26 Å². The van der Waals surface area contributed by atoms with Crippen LogP contribution in [0.5, 0.6) is 5.75 Å². The molecule has 0 aromatic heterocycles. The summed E-state index contributed by atoms with van der Waals surface area (Å²) in [6.07, 6.45) is 0. The Kier molecular flexibility index (Phi) is 4.16. The topological polar surface area (TPSA) is 56.0 Å².